The van der Waals surface area contributed by atoms with Crippen LogP contribution in [0.25, 0.3) is 0 Å². The number of carbonyl (C=O) groups is 1. The maximum absolute atomic E-state index is 12.4. The van der Waals surface area contributed by atoms with Gasteiger partial charge in [-0.3, -0.25) is 4.79 Å². The van der Waals surface area contributed by atoms with Crippen LogP contribution < -0.4 is 11.1 Å². The van der Waals surface area contributed by atoms with Crippen molar-refractivity contribution in [2.45, 2.75) is 25.3 Å². The molecule has 20 heavy (non-hydrogen) atoms. The molecule has 1 unspecified atom stereocenters. The zero-order valence-electron chi connectivity index (χ0n) is 11.8. The fourth-order valence-electron chi connectivity index (χ4n) is 3.42. The van der Waals surface area contributed by atoms with Crippen LogP contribution in [0.2, 0.25) is 0 Å². The van der Waals surface area contributed by atoms with Crippen LogP contribution in [0.1, 0.15) is 28.8 Å². The van der Waals surface area contributed by atoms with E-state index in [2.05, 4.69) is 10.2 Å². The van der Waals surface area contributed by atoms with Crippen molar-refractivity contribution in [1.82, 2.24) is 10.2 Å². The third-order valence-electron chi connectivity index (χ3n) is 4.59. The van der Waals surface area contributed by atoms with Crippen molar-refractivity contribution in [2.24, 2.45) is 11.7 Å². The molecule has 1 aromatic rings. The van der Waals surface area contributed by atoms with Crippen LogP contribution in [-0.4, -0.2) is 43.0 Å². The number of rotatable bonds is 4. The van der Waals surface area contributed by atoms with Crippen molar-refractivity contribution in [3.8, 4) is 0 Å². The molecule has 3 heterocycles. The molecule has 3 saturated heterocycles. The minimum absolute atomic E-state index is 0.0580. The van der Waals surface area contributed by atoms with E-state index in [4.69, 9.17) is 5.73 Å². The number of nitrogens with one attached hydrogen (secondary N) is 1. The summed E-state index contributed by atoms with van der Waals surface area (Å²) in [5.41, 5.74) is 7.46. The lowest BCUT2D eigenvalue weighted by Crippen LogP contribution is -2.57. The zero-order valence-corrected chi connectivity index (χ0v) is 11.8. The monoisotopic (exact) mass is 273 g/mol. The molecule has 108 valence electrons. The second-order valence-corrected chi connectivity index (χ2v) is 5.96. The summed E-state index contributed by atoms with van der Waals surface area (Å²) in [6, 6.07) is 8.14. The molecular formula is C16H23N3O. The highest BCUT2D eigenvalue weighted by Crippen LogP contribution is 2.27. The van der Waals surface area contributed by atoms with Crippen molar-refractivity contribution in [2.75, 3.05) is 26.2 Å². The van der Waals surface area contributed by atoms with Gasteiger partial charge in [0.15, 0.2) is 0 Å². The van der Waals surface area contributed by atoms with Crippen molar-refractivity contribution in [3.05, 3.63) is 35.4 Å². The van der Waals surface area contributed by atoms with E-state index in [9.17, 15) is 4.79 Å². The third-order valence-corrected chi connectivity index (χ3v) is 4.59. The quantitative estimate of drug-likeness (QED) is 0.861. The predicted octanol–water partition coefficient (Wildman–Crippen LogP) is 1.01. The van der Waals surface area contributed by atoms with Gasteiger partial charge in [-0.05, 0) is 62.5 Å². The Morgan fingerprint density at radius 3 is 2.80 bits per heavy atom. The number of benzene rings is 1. The number of hydrogen-bond acceptors (Lipinski definition) is 3. The molecule has 3 fully saturated rings. The molecule has 2 bridgehead atoms. The highest BCUT2D eigenvalue weighted by Gasteiger charge is 2.34. The van der Waals surface area contributed by atoms with Gasteiger partial charge in [0.2, 0.25) is 0 Å². The van der Waals surface area contributed by atoms with E-state index in [0.29, 0.717) is 18.5 Å². The fourth-order valence-corrected chi connectivity index (χ4v) is 3.42. The third kappa shape index (κ3) is 2.86. The second-order valence-electron chi connectivity index (χ2n) is 5.96. The largest absolute Gasteiger partial charge is 0.348 e. The Labute approximate surface area is 120 Å². The Morgan fingerprint density at radius 2 is 2.15 bits per heavy atom. The Balaban J connectivity index is 1.65. The van der Waals surface area contributed by atoms with Crippen molar-refractivity contribution in [3.63, 3.8) is 0 Å². The van der Waals surface area contributed by atoms with E-state index in [1.54, 1.807) is 0 Å². The fraction of sp³-hybridized carbons (Fsp3) is 0.562. The minimum Gasteiger partial charge on any atom is -0.348 e. The van der Waals surface area contributed by atoms with Crippen LogP contribution in [0.4, 0.5) is 0 Å². The van der Waals surface area contributed by atoms with E-state index in [1.165, 1.54) is 25.9 Å². The van der Waals surface area contributed by atoms with Crippen LogP contribution in [-0.2, 0) is 6.42 Å². The predicted molar refractivity (Wildman–Crippen MR) is 79.6 cm³/mol. The van der Waals surface area contributed by atoms with E-state index in [-0.39, 0.29) is 5.91 Å². The molecule has 0 spiro atoms. The van der Waals surface area contributed by atoms with Gasteiger partial charge in [-0.25, -0.2) is 0 Å². The lowest BCUT2D eigenvalue weighted by molar-refractivity contribution is 0.0620. The number of carbonyl (C=O) groups excluding carboxylic acids is 1. The summed E-state index contributed by atoms with van der Waals surface area (Å²) in [5, 5.41) is 3.22. The van der Waals surface area contributed by atoms with Crippen LogP contribution in [0.15, 0.2) is 24.3 Å². The van der Waals surface area contributed by atoms with Gasteiger partial charge in [0.1, 0.15) is 0 Å². The highest BCUT2D eigenvalue weighted by molar-refractivity contribution is 5.94. The maximum Gasteiger partial charge on any atom is 0.251 e. The minimum atomic E-state index is 0.0580. The first kappa shape index (κ1) is 13.6. The average molecular weight is 273 g/mol. The van der Waals surface area contributed by atoms with Gasteiger partial charge in [0.05, 0.1) is 0 Å². The summed E-state index contributed by atoms with van der Waals surface area (Å²) in [5.74, 6) is 0.721. The van der Waals surface area contributed by atoms with Crippen LogP contribution in [0.5, 0.6) is 0 Å². The molecule has 4 rings (SSSR count). The van der Waals surface area contributed by atoms with E-state index < -0.39 is 0 Å². The summed E-state index contributed by atoms with van der Waals surface area (Å²) in [6.07, 6.45) is 3.26. The zero-order chi connectivity index (χ0) is 13.9. The normalized spacial score (nSPS) is 28.4. The first-order valence-corrected chi connectivity index (χ1v) is 7.58. The molecule has 4 nitrogen and oxygen atoms in total. The summed E-state index contributed by atoms with van der Waals surface area (Å²) in [4.78, 5) is 14.8. The Hall–Kier alpha value is -1.39. The van der Waals surface area contributed by atoms with E-state index in [1.807, 2.05) is 24.3 Å². The van der Waals surface area contributed by atoms with Gasteiger partial charge >= 0.3 is 0 Å². The number of amides is 1. The Bertz CT molecular complexity index is 480. The van der Waals surface area contributed by atoms with Gasteiger partial charge in [-0.2, -0.15) is 0 Å². The molecule has 3 N–H and O–H groups in total. The first-order valence-electron chi connectivity index (χ1n) is 7.58. The SMILES string of the molecule is NCCc1cccc(C(=O)NC2CN3CCC2CC3)c1. The van der Waals surface area contributed by atoms with Gasteiger partial charge in [-0.15, -0.1) is 0 Å². The summed E-state index contributed by atoms with van der Waals surface area (Å²) < 4.78 is 0. The summed E-state index contributed by atoms with van der Waals surface area (Å²) >= 11 is 0. The molecule has 1 amide bonds. The Kier molecular flexibility index (Phi) is 4.03. The average Bonchev–Trinajstić information content (AvgIpc) is 2.49. The smallest absolute Gasteiger partial charge is 0.251 e. The van der Waals surface area contributed by atoms with Crippen LogP contribution in [0, 0.1) is 5.92 Å². The highest BCUT2D eigenvalue weighted by atomic mass is 16.1. The maximum atomic E-state index is 12.4. The molecule has 4 heteroatoms. The summed E-state index contributed by atoms with van der Waals surface area (Å²) in [7, 11) is 0. The second kappa shape index (κ2) is 5.94. The first-order chi connectivity index (χ1) is 9.76. The number of piperidine rings is 3. The van der Waals surface area contributed by atoms with Gasteiger partial charge in [-0.1, -0.05) is 12.1 Å². The molecule has 0 saturated carbocycles. The molecule has 0 aliphatic carbocycles. The van der Waals surface area contributed by atoms with Crippen molar-refractivity contribution >= 4 is 5.91 Å². The molecule has 3 aliphatic rings. The van der Waals surface area contributed by atoms with Gasteiger partial charge in [0, 0.05) is 18.2 Å². The van der Waals surface area contributed by atoms with Gasteiger partial charge in [0.25, 0.3) is 5.91 Å². The molecule has 3 aliphatic heterocycles. The van der Waals surface area contributed by atoms with E-state index >= 15 is 0 Å². The molecule has 1 atom stereocenters. The van der Waals surface area contributed by atoms with Crippen LogP contribution in [0.3, 0.4) is 0 Å². The molecule has 0 radical (unpaired) electrons. The van der Waals surface area contributed by atoms with Crippen LogP contribution >= 0.6 is 0 Å². The Morgan fingerprint density at radius 1 is 1.35 bits per heavy atom. The molecular weight excluding hydrogens is 250 g/mol. The van der Waals surface area contributed by atoms with Gasteiger partial charge < -0.3 is 16.0 Å². The topological polar surface area (TPSA) is 58.4 Å². The van der Waals surface area contributed by atoms with E-state index in [0.717, 1.165) is 24.1 Å². The summed E-state index contributed by atoms with van der Waals surface area (Å²) in [6.45, 7) is 4.02. The number of nitrogens with zero attached hydrogens (tertiary/aromatic N) is 1. The lowest BCUT2D eigenvalue weighted by Gasteiger charge is -2.44. The number of nitrogens with two attached hydrogens (primary N) is 1. The lowest BCUT2D eigenvalue weighted by atomic mass is 9.84. The number of fused-ring (bicyclic) bond motifs is 3. The molecule has 0 aromatic heterocycles. The van der Waals surface area contributed by atoms with Crippen molar-refractivity contribution in [1.29, 1.82) is 0 Å². The van der Waals surface area contributed by atoms with Crippen molar-refractivity contribution < 1.29 is 4.79 Å². The standard InChI is InChI=1S/C16H23N3O/c17-7-4-12-2-1-3-14(10-12)16(20)18-15-11-19-8-5-13(15)6-9-19/h1-3,10,13,15H,4-9,11,17H2,(H,18,20). The molecule has 1 aromatic carbocycles. The number of hydrogen-bond donors (Lipinski definition) is 2.